The highest BCUT2D eigenvalue weighted by molar-refractivity contribution is 5.39. The number of aliphatic hydroxyl groups excluding tert-OH is 1. The number of benzene rings is 1. The van der Waals surface area contributed by atoms with Crippen molar-refractivity contribution in [3.8, 4) is 17.6 Å². The van der Waals surface area contributed by atoms with Crippen molar-refractivity contribution in [3.63, 3.8) is 0 Å². The van der Waals surface area contributed by atoms with Crippen LogP contribution >= 0.6 is 0 Å². The van der Waals surface area contributed by atoms with E-state index in [4.69, 9.17) is 14.6 Å². The van der Waals surface area contributed by atoms with Crippen molar-refractivity contribution in [3.05, 3.63) is 29.8 Å². The van der Waals surface area contributed by atoms with Gasteiger partial charge in [0.2, 0.25) is 0 Å². The molecular formula is C13H16O3. The summed E-state index contributed by atoms with van der Waals surface area (Å²) in [5.74, 6) is 6.19. The predicted molar refractivity (Wildman–Crippen MR) is 62.4 cm³/mol. The lowest BCUT2D eigenvalue weighted by Crippen LogP contribution is -2.06. The van der Waals surface area contributed by atoms with Crippen molar-refractivity contribution in [2.75, 3.05) is 26.4 Å². The van der Waals surface area contributed by atoms with Gasteiger partial charge in [0.1, 0.15) is 19.0 Å². The van der Waals surface area contributed by atoms with Crippen LogP contribution in [-0.4, -0.2) is 31.5 Å². The zero-order valence-corrected chi connectivity index (χ0v) is 9.40. The van der Waals surface area contributed by atoms with Gasteiger partial charge in [-0.2, -0.15) is 0 Å². The molecule has 0 atom stereocenters. The fourth-order valence-electron chi connectivity index (χ4n) is 1.17. The summed E-state index contributed by atoms with van der Waals surface area (Å²) in [5.41, 5.74) is 0.836. The van der Waals surface area contributed by atoms with Gasteiger partial charge < -0.3 is 14.6 Å². The summed E-state index contributed by atoms with van der Waals surface area (Å²) in [6.45, 7) is 3.64. The molecule has 0 saturated carbocycles. The molecule has 1 aromatic rings. The van der Waals surface area contributed by atoms with Crippen LogP contribution in [0.15, 0.2) is 24.3 Å². The largest absolute Gasteiger partial charge is 0.491 e. The maximum absolute atomic E-state index is 8.58. The summed E-state index contributed by atoms with van der Waals surface area (Å²) in [6.07, 6.45) is 0. The van der Waals surface area contributed by atoms with Crippen LogP contribution < -0.4 is 4.74 Å². The summed E-state index contributed by atoms with van der Waals surface area (Å²) in [5, 5.41) is 8.58. The lowest BCUT2D eigenvalue weighted by molar-refractivity contribution is 0.110. The van der Waals surface area contributed by atoms with Crippen LogP contribution in [0.3, 0.4) is 0 Å². The highest BCUT2D eigenvalue weighted by Crippen LogP contribution is 2.12. The van der Waals surface area contributed by atoms with E-state index in [1.807, 2.05) is 31.2 Å². The van der Waals surface area contributed by atoms with Gasteiger partial charge in [-0.15, -0.1) is 0 Å². The third-order valence-corrected chi connectivity index (χ3v) is 1.85. The van der Waals surface area contributed by atoms with Gasteiger partial charge in [0, 0.05) is 12.2 Å². The Morgan fingerprint density at radius 1 is 1.31 bits per heavy atom. The van der Waals surface area contributed by atoms with E-state index in [9.17, 15) is 0 Å². The molecule has 3 nitrogen and oxygen atoms in total. The number of aliphatic hydroxyl groups is 1. The fourth-order valence-corrected chi connectivity index (χ4v) is 1.17. The molecule has 0 bridgehead atoms. The molecule has 0 spiro atoms. The number of hydrogen-bond donors (Lipinski definition) is 1. The van der Waals surface area contributed by atoms with E-state index >= 15 is 0 Å². The van der Waals surface area contributed by atoms with Gasteiger partial charge in [0.15, 0.2) is 0 Å². The Hall–Kier alpha value is -1.50. The SMILES string of the molecule is CCOCCOc1cccc(C#CCO)c1. The van der Waals surface area contributed by atoms with Crippen LogP contribution in [0.25, 0.3) is 0 Å². The molecule has 0 heterocycles. The first kappa shape index (κ1) is 12.6. The molecule has 0 aliphatic rings. The first-order valence-electron chi connectivity index (χ1n) is 5.27. The minimum atomic E-state index is -0.130. The van der Waals surface area contributed by atoms with Crippen molar-refractivity contribution >= 4 is 0 Å². The van der Waals surface area contributed by atoms with Gasteiger partial charge in [-0.25, -0.2) is 0 Å². The normalized spacial score (nSPS) is 9.38. The summed E-state index contributed by atoms with van der Waals surface area (Å²) in [7, 11) is 0. The molecule has 0 unspecified atom stereocenters. The third-order valence-electron chi connectivity index (χ3n) is 1.85. The van der Waals surface area contributed by atoms with E-state index in [1.54, 1.807) is 0 Å². The second-order valence-corrected chi connectivity index (χ2v) is 3.03. The third kappa shape index (κ3) is 4.83. The molecule has 1 aromatic carbocycles. The molecular weight excluding hydrogens is 204 g/mol. The molecule has 0 fully saturated rings. The first-order valence-corrected chi connectivity index (χ1v) is 5.27. The van der Waals surface area contributed by atoms with Gasteiger partial charge >= 0.3 is 0 Å². The average Bonchev–Trinajstić information content (AvgIpc) is 2.33. The Morgan fingerprint density at radius 3 is 2.94 bits per heavy atom. The predicted octanol–water partition coefficient (Wildman–Crippen LogP) is 1.45. The molecule has 3 heteroatoms. The number of ether oxygens (including phenoxy) is 2. The van der Waals surface area contributed by atoms with E-state index in [2.05, 4.69) is 11.8 Å². The van der Waals surface area contributed by atoms with Crippen molar-refractivity contribution in [1.82, 2.24) is 0 Å². The Labute approximate surface area is 96.0 Å². The van der Waals surface area contributed by atoms with Crippen LogP contribution in [0.2, 0.25) is 0 Å². The van der Waals surface area contributed by atoms with Gasteiger partial charge in [-0.05, 0) is 25.1 Å². The lowest BCUT2D eigenvalue weighted by Gasteiger charge is -2.06. The summed E-state index contributed by atoms with van der Waals surface area (Å²) < 4.78 is 10.6. The van der Waals surface area contributed by atoms with E-state index in [0.29, 0.717) is 19.8 Å². The van der Waals surface area contributed by atoms with Gasteiger partial charge in [0.25, 0.3) is 0 Å². The van der Waals surface area contributed by atoms with Crippen LogP contribution in [0.1, 0.15) is 12.5 Å². The van der Waals surface area contributed by atoms with Crippen molar-refractivity contribution in [2.24, 2.45) is 0 Å². The van der Waals surface area contributed by atoms with Crippen LogP contribution in [0.5, 0.6) is 5.75 Å². The quantitative estimate of drug-likeness (QED) is 0.603. The molecule has 0 saturated heterocycles. The second kappa shape index (κ2) is 7.75. The average molecular weight is 220 g/mol. The highest BCUT2D eigenvalue weighted by atomic mass is 16.5. The van der Waals surface area contributed by atoms with Crippen molar-refractivity contribution in [1.29, 1.82) is 0 Å². The van der Waals surface area contributed by atoms with E-state index in [0.717, 1.165) is 11.3 Å². The van der Waals surface area contributed by atoms with E-state index in [-0.39, 0.29) is 6.61 Å². The topological polar surface area (TPSA) is 38.7 Å². The smallest absolute Gasteiger partial charge is 0.120 e. The monoisotopic (exact) mass is 220 g/mol. The fraction of sp³-hybridized carbons (Fsp3) is 0.385. The zero-order valence-electron chi connectivity index (χ0n) is 9.40. The van der Waals surface area contributed by atoms with E-state index < -0.39 is 0 Å². The van der Waals surface area contributed by atoms with Crippen LogP contribution in [0, 0.1) is 11.8 Å². The Morgan fingerprint density at radius 2 is 2.19 bits per heavy atom. The second-order valence-electron chi connectivity index (χ2n) is 3.03. The maximum atomic E-state index is 8.58. The molecule has 0 aliphatic carbocycles. The molecule has 0 aromatic heterocycles. The highest BCUT2D eigenvalue weighted by Gasteiger charge is 1.94. The van der Waals surface area contributed by atoms with Crippen LogP contribution in [-0.2, 0) is 4.74 Å². The molecule has 0 radical (unpaired) electrons. The summed E-state index contributed by atoms with van der Waals surface area (Å²) >= 11 is 0. The minimum Gasteiger partial charge on any atom is -0.491 e. The van der Waals surface area contributed by atoms with Crippen molar-refractivity contribution < 1.29 is 14.6 Å². The molecule has 0 aliphatic heterocycles. The molecule has 0 amide bonds. The van der Waals surface area contributed by atoms with Crippen molar-refractivity contribution in [2.45, 2.75) is 6.92 Å². The molecule has 16 heavy (non-hydrogen) atoms. The zero-order chi connectivity index (χ0) is 11.6. The van der Waals surface area contributed by atoms with Gasteiger partial charge in [-0.1, -0.05) is 17.9 Å². The minimum absolute atomic E-state index is 0.130. The maximum Gasteiger partial charge on any atom is 0.120 e. The summed E-state index contributed by atoms with van der Waals surface area (Å²) in [6, 6.07) is 7.46. The Kier molecular flexibility index (Phi) is 6.09. The Bertz CT molecular complexity index is 363. The van der Waals surface area contributed by atoms with Crippen LogP contribution in [0.4, 0.5) is 0 Å². The number of rotatable bonds is 5. The number of hydrogen-bond acceptors (Lipinski definition) is 3. The lowest BCUT2D eigenvalue weighted by atomic mass is 10.2. The van der Waals surface area contributed by atoms with Gasteiger partial charge in [-0.3, -0.25) is 0 Å². The molecule has 1 N–H and O–H groups in total. The Balaban J connectivity index is 2.47. The van der Waals surface area contributed by atoms with Gasteiger partial charge in [0.05, 0.1) is 6.61 Å². The molecule has 86 valence electrons. The molecule has 1 rings (SSSR count). The first-order chi connectivity index (χ1) is 7.86. The standard InChI is InChI=1S/C13H16O3/c1-2-15-9-10-16-13-7-3-5-12(11-13)6-4-8-14/h3,5,7,11,14H,2,8-10H2,1H3. The van der Waals surface area contributed by atoms with E-state index in [1.165, 1.54) is 0 Å². The summed E-state index contributed by atoms with van der Waals surface area (Å²) in [4.78, 5) is 0.